The van der Waals surface area contributed by atoms with Crippen LogP contribution in [0.15, 0.2) is 0 Å². The molecule has 1 fully saturated rings. The number of amides is 1. The average Bonchev–Trinajstić information content (AvgIpc) is 2.02. The lowest BCUT2D eigenvalue weighted by molar-refractivity contribution is -0.129. The average molecular weight is 199 g/mol. The quantitative estimate of drug-likeness (QED) is 0.720. The molecule has 0 saturated heterocycles. The van der Waals surface area contributed by atoms with Crippen LogP contribution in [0, 0.1) is 11.3 Å². The molecule has 0 radical (unpaired) electrons. The molecule has 1 saturated carbocycles. The summed E-state index contributed by atoms with van der Waals surface area (Å²) in [5, 5.41) is 12.5. The fourth-order valence-corrected chi connectivity index (χ4v) is 1.77. The first-order chi connectivity index (χ1) is 6.34. The van der Waals surface area contributed by atoms with Crippen LogP contribution in [0.25, 0.3) is 0 Å². The summed E-state index contributed by atoms with van der Waals surface area (Å²) in [6, 6.07) is 0.142. The van der Waals surface area contributed by atoms with E-state index in [0.717, 1.165) is 0 Å². The summed E-state index contributed by atoms with van der Waals surface area (Å²) >= 11 is 0. The summed E-state index contributed by atoms with van der Waals surface area (Å²) in [5.74, 6) is 0.494. The van der Waals surface area contributed by atoms with Gasteiger partial charge in [0.25, 0.3) is 0 Å². The van der Waals surface area contributed by atoms with Crippen molar-refractivity contribution < 1.29 is 9.90 Å². The van der Waals surface area contributed by atoms with E-state index in [4.69, 9.17) is 0 Å². The van der Waals surface area contributed by atoms with E-state index in [-0.39, 0.29) is 23.5 Å². The summed E-state index contributed by atoms with van der Waals surface area (Å²) < 4.78 is 0. The van der Waals surface area contributed by atoms with Crippen LogP contribution in [0.1, 0.15) is 40.5 Å². The van der Waals surface area contributed by atoms with Crippen molar-refractivity contribution in [3.05, 3.63) is 0 Å². The van der Waals surface area contributed by atoms with Crippen LogP contribution < -0.4 is 5.32 Å². The molecule has 1 amide bonds. The van der Waals surface area contributed by atoms with Gasteiger partial charge in [-0.25, -0.2) is 0 Å². The lowest BCUT2D eigenvalue weighted by Gasteiger charge is -2.49. The zero-order chi connectivity index (χ0) is 10.9. The molecule has 2 N–H and O–H groups in total. The van der Waals surface area contributed by atoms with Crippen molar-refractivity contribution >= 4 is 5.91 Å². The molecule has 0 aromatic rings. The van der Waals surface area contributed by atoms with E-state index in [1.807, 2.05) is 27.7 Å². The van der Waals surface area contributed by atoms with Gasteiger partial charge in [-0.1, -0.05) is 27.7 Å². The lowest BCUT2D eigenvalue weighted by atomic mass is 9.64. The molecule has 0 aromatic carbocycles. The minimum absolute atomic E-state index is 0.102. The second-order valence-corrected chi connectivity index (χ2v) is 5.29. The molecule has 0 aromatic heterocycles. The van der Waals surface area contributed by atoms with E-state index in [0.29, 0.717) is 18.8 Å². The molecule has 3 heteroatoms. The Balaban J connectivity index is 2.36. The van der Waals surface area contributed by atoms with Crippen molar-refractivity contribution in [2.24, 2.45) is 11.3 Å². The number of hydrogen-bond acceptors (Lipinski definition) is 2. The van der Waals surface area contributed by atoms with E-state index >= 15 is 0 Å². The highest BCUT2D eigenvalue weighted by Crippen LogP contribution is 2.40. The summed E-state index contributed by atoms with van der Waals surface area (Å²) in [6.07, 6.45) is 0.992. The first-order valence-corrected chi connectivity index (χ1v) is 5.31. The molecule has 1 rings (SSSR count). The Bertz CT molecular complexity index is 223. The second-order valence-electron chi connectivity index (χ2n) is 5.29. The summed E-state index contributed by atoms with van der Waals surface area (Å²) in [4.78, 5) is 11.5. The van der Waals surface area contributed by atoms with Gasteiger partial charge in [0.05, 0.1) is 6.10 Å². The van der Waals surface area contributed by atoms with Gasteiger partial charge in [-0.3, -0.25) is 4.79 Å². The van der Waals surface area contributed by atoms with Crippen molar-refractivity contribution in [1.29, 1.82) is 0 Å². The zero-order valence-electron chi connectivity index (χ0n) is 9.50. The number of carbonyl (C=O) groups is 1. The third-order valence-corrected chi connectivity index (χ3v) is 3.14. The van der Waals surface area contributed by atoms with Gasteiger partial charge in [0.15, 0.2) is 0 Å². The van der Waals surface area contributed by atoms with Crippen molar-refractivity contribution in [2.75, 3.05) is 0 Å². The van der Waals surface area contributed by atoms with Crippen molar-refractivity contribution in [3.8, 4) is 0 Å². The highest BCUT2D eigenvalue weighted by molar-refractivity contribution is 5.76. The van der Waals surface area contributed by atoms with Crippen molar-refractivity contribution in [3.63, 3.8) is 0 Å². The molecular formula is C11H21NO2. The monoisotopic (exact) mass is 199 g/mol. The van der Waals surface area contributed by atoms with Crippen LogP contribution in [0.3, 0.4) is 0 Å². The summed E-state index contributed by atoms with van der Waals surface area (Å²) in [6.45, 7) is 8.03. The topological polar surface area (TPSA) is 49.3 Å². The van der Waals surface area contributed by atoms with Crippen molar-refractivity contribution in [1.82, 2.24) is 5.32 Å². The fourth-order valence-electron chi connectivity index (χ4n) is 1.77. The molecule has 14 heavy (non-hydrogen) atoms. The van der Waals surface area contributed by atoms with Crippen LogP contribution in [0.5, 0.6) is 0 Å². The Morgan fingerprint density at radius 3 is 2.50 bits per heavy atom. The zero-order valence-corrected chi connectivity index (χ0v) is 9.50. The highest BCUT2D eigenvalue weighted by atomic mass is 16.3. The molecule has 0 aliphatic heterocycles. The van der Waals surface area contributed by atoms with Crippen LogP contribution in [-0.4, -0.2) is 23.2 Å². The van der Waals surface area contributed by atoms with Gasteiger partial charge in [0, 0.05) is 17.9 Å². The maximum absolute atomic E-state index is 11.5. The fraction of sp³-hybridized carbons (Fsp3) is 0.909. The van der Waals surface area contributed by atoms with E-state index in [9.17, 15) is 9.90 Å². The molecule has 82 valence electrons. The molecule has 3 nitrogen and oxygen atoms in total. The number of nitrogens with one attached hydrogen (secondary N) is 1. The Hall–Kier alpha value is -0.570. The van der Waals surface area contributed by atoms with Gasteiger partial charge in [0.2, 0.25) is 5.91 Å². The highest BCUT2D eigenvalue weighted by Gasteiger charge is 2.47. The van der Waals surface area contributed by atoms with Crippen LogP contribution >= 0.6 is 0 Å². The Morgan fingerprint density at radius 1 is 1.57 bits per heavy atom. The molecule has 0 heterocycles. The third kappa shape index (κ3) is 2.27. The summed E-state index contributed by atoms with van der Waals surface area (Å²) in [7, 11) is 0. The van der Waals surface area contributed by atoms with Gasteiger partial charge >= 0.3 is 0 Å². The van der Waals surface area contributed by atoms with Gasteiger partial charge in [-0.2, -0.15) is 0 Å². The Kier molecular flexibility index (Phi) is 3.20. The maximum atomic E-state index is 11.5. The minimum atomic E-state index is -0.271. The maximum Gasteiger partial charge on any atom is 0.220 e. The largest absolute Gasteiger partial charge is 0.392 e. The van der Waals surface area contributed by atoms with E-state index in [1.54, 1.807) is 0 Å². The minimum Gasteiger partial charge on any atom is -0.392 e. The van der Waals surface area contributed by atoms with Gasteiger partial charge in [-0.05, 0) is 12.3 Å². The van der Waals surface area contributed by atoms with E-state index < -0.39 is 0 Å². The standard InChI is InChI=1S/C11H21NO2/c1-7(2)5-10(14)12-8-6-9(13)11(8,3)4/h7-9,13H,5-6H2,1-4H3,(H,12,14). The van der Waals surface area contributed by atoms with E-state index in [1.165, 1.54) is 0 Å². The molecule has 2 atom stereocenters. The molecule has 1 aliphatic carbocycles. The summed E-state index contributed by atoms with van der Waals surface area (Å²) in [5.41, 5.74) is -0.160. The molecule has 0 spiro atoms. The van der Waals surface area contributed by atoms with Gasteiger partial charge in [-0.15, -0.1) is 0 Å². The first-order valence-electron chi connectivity index (χ1n) is 5.31. The number of rotatable bonds is 3. The van der Waals surface area contributed by atoms with Gasteiger partial charge < -0.3 is 10.4 Å². The molecule has 0 bridgehead atoms. The molecular weight excluding hydrogens is 178 g/mol. The molecule has 2 unspecified atom stereocenters. The third-order valence-electron chi connectivity index (χ3n) is 3.14. The van der Waals surface area contributed by atoms with Gasteiger partial charge in [0.1, 0.15) is 0 Å². The number of hydrogen-bond donors (Lipinski definition) is 2. The molecule has 1 aliphatic rings. The first kappa shape index (κ1) is 11.5. The lowest BCUT2D eigenvalue weighted by Crippen LogP contribution is -2.61. The van der Waals surface area contributed by atoms with Crippen LogP contribution in [0.4, 0.5) is 0 Å². The van der Waals surface area contributed by atoms with Crippen molar-refractivity contribution in [2.45, 2.75) is 52.7 Å². The normalized spacial score (nSPS) is 29.9. The predicted molar refractivity (Wildman–Crippen MR) is 55.8 cm³/mol. The number of aliphatic hydroxyl groups is 1. The smallest absolute Gasteiger partial charge is 0.220 e. The van der Waals surface area contributed by atoms with Crippen LogP contribution in [0.2, 0.25) is 0 Å². The number of carbonyl (C=O) groups excluding carboxylic acids is 1. The number of aliphatic hydroxyl groups excluding tert-OH is 1. The Morgan fingerprint density at radius 2 is 2.14 bits per heavy atom. The van der Waals surface area contributed by atoms with Crippen LogP contribution in [-0.2, 0) is 4.79 Å². The predicted octanol–water partition coefficient (Wildman–Crippen LogP) is 1.31. The second kappa shape index (κ2) is 3.89. The Labute approximate surface area is 85.9 Å². The SMILES string of the molecule is CC(C)CC(=O)NC1CC(O)C1(C)C. The van der Waals surface area contributed by atoms with E-state index in [2.05, 4.69) is 5.32 Å².